The van der Waals surface area contributed by atoms with Crippen LogP contribution in [0.25, 0.3) is 0 Å². The van der Waals surface area contributed by atoms with E-state index < -0.39 is 107 Å². The highest BCUT2D eigenvalue weighted by Gasteiger charge is 2.44. The molecular weight excluding hydrogens is 603 g/mol. The van der Waals surface area contributed by atoms with Gasteiger partial charge in [0.15, 0.2) is 0 Å². The molecule has 0 spiro atoms. The van der Waals surface area contributed by atoms with E-state index in [9.17, 15) is 19.2 Å². The van der Waals surface area contributed by atoms with Crippen LogP contribution in [0.3, 0.4) is 0 Å². The lowest BCUT2D eigenvalue weighted by molar-refractivity contribution is 0.590. The molecule has 0 N–H and O–H groups in total. The summed E-state index contributed by atoms with van der Waals surface area (Å²) in [6, 6.07) is -3.69. The zero-order valence-corrected chi connectivity index (χ0v) is 31.1. The zero-order valence-electron chi connectivity index (χ0n) is 48.1. The number of fused-ring (bicyclic) bond motifs is 4. The fraction of sp³-hybridized carbons (Fsp3) is 0.362. The van der Waals surface area contributed by atoms with E-state index in [4.69, 9.17) is 4.11 Å². The van der Waals surface area contributed by atoms with Crippen molar-refractivity contribution in [3.63, 3.8) is 0 Å². The van der Waals surface area contributed by atoms with Gasteiger partial charge in [-0.3, -0.25) is 0 Å². The maximum Gasteiger partial charge on any atom is 0.252 e. The van der Waals surface area contributed by atoms with Gasteiger partial charge < -0.3 is 9.80 Å². The van der Waals surface area contributed by atoms with Crippen LogP contribution in [-0.2, 0) is 21.7 Å². The van der Waals surface area contributed by atoms with Crippen LogP contribution >= 0.6 is 0 Å². The second-order valence-corrected chi connectivity index (χ2v) is 17.5. The number of rotatable bonds is 2. The topological polar surface area (TPSA) is 6.48 Å². The summed E-state index contributed by atoms with van der Waals surface area (Å²) in [4.78, 5) is 2.40. The number of nitrogens with zero attached hydrogens (tertiary/aromatic N) is 2. The standard InChI is InChI=1S/C47H55BN2/c1-30-26-41-43-42(27-30)50(36-22-16-32(17-23-36)45(5,6)7)40-25-19-34(47(11,12)13)29-38(40)48(43)37-28-33(46(8,9)10)18-24-39(37)49(41)35-20-14-31(15-21-35)44(2,3)4/h14-29H,1-13H3/i1D3,14D,15D,16D,17D,18D,19D,20D,21D,22D,23D,24D,25D,28D,29D. The molecule has 0 radical (unpaired) electrons. The van der Waals surface area contributed by atoms with Gasteiger partial charge in [0.2, 0.25) is 0 Å². The van der Waals surface area contributed by atoms with Crippen LogP contribution in [0.15, 0.2) is 96.7 Å². The molecule has 0 saturated carbocycles. The number of hydrogen-bond donors (Lipinski definition) is 0. The van der Waals surface area contributed by atoms with Gasteiger partial charge in [-0.05, 0) is 121 Å². The Morgan fingerprint density at radius 3 is 1.12 bits per heavy atom. The Morgan fingerprint density at radius 2 is 0.800 bits per heavy atom. The molecule has 50 heavy (non-hydrogen) atoms. The van der Waals surface area contributed by atoms with Gasteiger partial charge in [-0.15, -0.1) is 0 Å². The van der Waals surface area contributed by atoms with E-state index in [0.29, 0.717) is 0 Å². The summed E-state index contributed by atoms with van der Waals surface area (Å²) in [6.45, 7) is 16.7. The van der Waals surface area contributed by atoms with Crippen LogP contribution in [0.4, 0.5) is 34.1 Å². The molecule has 0 saturated heterocycles. The monoisotopic (exact) mass is 676 g/mol. The van der Waals surface area contributed by atoms with E-state index in [2.05, 4.69) is 0 Å². The van der Waals surface area contributed by atoms with Gasteiger partial charge in [-0.2, -0.15) is 0 Å². The molecule has 0 fully saturated rings. The average molecular weight is 676 g/mol. The first-order valence-electron chi connectivity index (χ1n) is 25.6. The lowest BCUT2D eigenvalue weighted by Crippen LogP contribution is -2.61. The lowest BCUT2D eigenvalue weighted by atomic mass is 9.33. The van der Waals surface area contributed by atoms with Crippen LogP contribution in [-0.4, -0.2) is 6.71 Å². The summed E-state index contributed by atoms with van der Waals surface area (Å²) < 4.78 is 161. The first-order chi connectivity index (χ1) is 30.3. The molecule has 0 atom stereocenters. The number of aryl methyl sites for hydroxylation is 1. The molecule has 0 aromatic heterocycles. The molecule has 2 heterocycles. The Balaban J connectivity index is 1.87. The van der Waals surface area contributed by atoms with Gasteiger partial charge in [0.1, 0.15) is 0 Å². The molecule has 5 aromatic rings. The van der Waals surface area contributed by atoms with Crippen molar-refractivity contribution in [1.29, 1.82) is 0 Å². The van der Waals surface area contributed by atoms with Crippen molar-refractivity contribution in [3.05, 3.63) is 125 Å². The first-order valence-corrected chi connectivity index (χ1v) is 17.1. The largest absolute Gasteiger partial charge is 0.311 e. The Kier molecular flexibility index (Phi) is 4.42. The van der Waals surface area contributed by atoms with Gasteiger partial charge in [0.05, 0.1) is 19.2 Å². The van der Waals surface area contributed by atoms with E-state index in [-0.39, 0.29) is 91.1 Å². The Hall–Kier alpha value is -4.24. The fourth-order valence-corrected chi connectivity index (χ4v) is 6.36. The molecule has 2 aliphatic rings. The Labute approximate surface area is 326 Å². The van der Waals surface area contributed by atoms with Crippen molar-refractivity contribution < 1.29 is 23.3 Å². The second-order valence-electron chi connectivity index (χ2n) is 17.5. The summed E-state index contributed by atoms with van der Waals surface area (Å²) >= 11 is 0. The predicted octanol–water partition coefficient (Wildman–Crippen LogP) is 11.3. The van der Waals surface area contributed by atoms with Gasteiger partial charge in [-0.1, -0.05) is 131 Å². The normalized spacial score (nSPS) is 19.4. The highest BCUT2D eigenvalue weighted by molar-refractivity contribution is 7.00. The minimum Gasteiger partial charge on any atom is -0.311 e. The molecule has 2 nitrogen and oxygen atoms in total. The van der Waals surface area contributed by atoms with Gasteiger partial charge in [-0.25, -0.2) is 0 Å². The first kappa shape index (κ1) is 19.4. The zero-order chi connectivity index (χ0) is 50.8. The molecule has 3 heteroatoms. The summed E-state index contributed by atoms with van der Waals surface area (Å²) in [5.74, 6) is 0. The molecule has 0 bridgehead atoms. The van der Waals surface area contributed by atoms with Crippen molar-refractivity contribution in [3.8, 4) is 0 Å². The Bertz CT molecular complexity index is 2750. The predicted molar refractivity (Wildman–Crippen MR) is 220 cm³/mol. The van der Waals surface area contributed by atoms with Gasteiger partial charge >= 0.3 is 0 Å². The van der Waals surface area contributed by atoms with Gasteiger partial charge in [0, 0.05) is 38.2 Å². The third-order valence-electron chi connectivity index (χ3n) is 9.24. The molecular formula is C47H55BN2. The maximum absolute atomic E-state index is 10.1. The molecule has 0 amide bonds. The van der Waals surface area contributed by atoms with Crippen LogP contribution in [0.5, 0.6) is 0 Å². The van der Waals surface area contributed by atoms with E-state index >= 15 is 0 Å². The molecule has 5 aromatic carbocycles. The SMILES string of the molecule is [2H]c1c([2H])c(C(C)(C)C)c([2H])c([2H])c1N1c2cc(C([2H])([2H])[2H])cc3c2B(c2c([2H])c(C(C)(C)C)c([2H])c([2H])c21)c1c([2H])c(C(C)(C)C)c([2H])c([2H])c1N3c1c([2H])c([2H])c(C(C)(C)C)c([2H])c1[2H]. The van der Waals surface area contributed by atoms with Crippen LogP contribution in [0.2, 0.25) is 0 Å². The van der Waals surface area contributed by atoms with Crippen molar-refractivity contribution in [2.75, 3.05) is 9.80 Å². The minimum absolute atomic E-state index is 0.0212. The molecule has 0 unspecified atom stereocenters. The van der Waals surface area contributed by atoms with Crippen LogP contribution in [0.1, 0.15) is 134 Å². The highest BCUT2D eigenvalue weighted by Crippen LogP contribution is 2.46. The van der Waals surface area contributed by atoms with Crippen LogP contribution < -0.4 is 26.2 Å². The van der Waals surface area contributed by atoms with E-state index in [0.717, 1.165) is 0 Å². The fourth-order valence-electron chi connectivity index (χ4n) is 6.36. The lowest BCUT2D eigenvalue weighted by Gasteiger charge is -2.45. The van der Waals surface area contributed by atoms with Crippen molar-refractivity contribution in [2.45, 2.75) is 112 Å². The van der Waals surface area contributed by atoms with E-state index in [1.54, 1.807) is 83.1 Å². The number of benzene rings is 5. The second kappa shape index (κ2) is 11.4. The quantitative estimate of drug-likeness (QED) is 0.168. The van der Waals surface area contributed by atoms with Crippen molar-refractivity contribution in [1.82, 2.24) is 0 Å². The average Bonchev–Trinajstić information content (AvgIpc) is 3.16. The van der Waals surface area contributed by atoms with Crippen molar-refractivity contribution >= 4 is 57.2 Å². The third-order valence-corrected chi connectivity index (χ3v) is 9.24. The summed E-state index contributed by atoms with van der Waals surface area (Å²) in [6.07, 6.45) is 0. The smallest absolute Gasteiger partial charge is 0.252 e. The molecule has 7 rings (SSSR count). The summed E-state index contributed by atoms with van der Waals surface area (Å²) in [5.41, 5.74) is -5.21. The Morgan fingerprint density at radius 1 is 0.460 bits per heavy atom. The van der Waals surface area contributed by atoms with E-state index in [1.165, 1.54) is 21.9 Å². The summed E-state index contributed by atoms with van der Waals surface area (Å²) in [7, 11) is 0. The molecule has 0 aliphatic carbocycles. The highest BCUT2D eigenvalue weighted by atomic mass is 15.2. The summed E-state index contributed by atoms with van der Waals surface area (Å²) in [5, 5.41) is 0. The molecule has 2 aliphatic heterocycles. The van der Waals surface area contributed by atoms with Gasteiger partial charge in [0.25, 0.3) is 6.71 Å². The van der Waals surface area contributed by atoms with Crippen LogP contribution in [0, 0.1) is 6.85 Å². The number of anilines is 6. The third kappa shape index (κ3) is 5.77. The molecule has 256 valence electrons. The minimum atomic E-state index is -2.95. The number of hydrogen-bond acceptors (Lipinski definition) is 2. The van der Waals surface area contributed by atoms with Crippen molar-refractivity contribution in [2.24, 2.45) is 0 Å². The van der Waals surface area contributed by atoms with E-state index in [1.807, 2.05) is 0 Å². The maximum atomic E-state index is 10.1.